The van der Waals surface area contributed by atoms with Crippen LogP contribution in [-0.2, 0) is 10.0 Å². The van der Waals surface area contributed by atoms with Gasteiger partial charge in [-0.2, -0.15) is 4.15 Å². The van der Waals surface area contributed by atoms with Crippen LogP contribution in [0.5, 0.6) is 0 Å². The molecular weight excluding hydrogens is 361 g/mol. The van der Waals surface area contributed by atoms with Crippen LogP contribution in [0.3, 0.4) is 0 Å². The molecule has 0 unspecified atom stereocenters. The fraction of sp³-hybridized carbons (Fsp3) is 1.00. The summed E-state index contributed by atoms with van der Waals surface area (Å²) in [6, 6.07) is 0. The molecule has 0 aliphatic rings. The van der Waals surface area contributed by atoms with E-state index in [0.717, 1.165) is 6.26 Å². The van der Waals surface area contributed by atoms with Gasteiger partial charge in [-0.3, -0.25) is 0 Å². The number of hydrogen-bond donors (Lipinski definition) is 0. The highest BCUT2D eigenvalue weighted by Gasteiger charge is 2.07. The molecule has 0 N–H and O–H groups in total. The minimum atomic E-state index is -3.25. The fourth-order valence-electron chi connectivity index (χ4n) is 0.168. The van der Waals surface area contributed by atoms with E-state index in [9.17, 15) is 8.42 Å². The predicted molar refractivity (Wildman–Crippen MR) is 51.0 cm³/mol. The van der Waals surface area contributed by atoms with Gasteiger partial charge in [0, 0.05) is 0 Å². The third-order valence-electron chi connectivity index (χ3n) is 0.241. The maximum atomic E-state index is 10.4. The van der Waals surface area contributed by atoms with Crippen molar-refractivity contribution in [1.29, 1.82) is 0 Å². The van der Waals surface area contributed by atoms with Crippen LogP contribution < -0.4 is 0 Å². The molecular formula is CH3Br3NO2PS. The Balaban J connectivity index is 4.76. The van der Waals surface area contributed by atoms with Crippen molar-refractivity contribution in [3.8, 4) is 0 Å². The molecule has 0 fully saturated rings. The Kier molecular flexibility index (Phi) is 3.95. The first-order valence-corrected chi connectivity index (χ1v) is 11.3. The first-order valence-electron chi connectivity index (χ1n) is 1.63. The first-order chi connectivity index (χ1) is 3.71. The average Bonchev–Trinajstić information content (AvgIpc) is 1.14. The smallest absolute Gasteiger partial charge is 0.205 e. The van der Waals surface area contributed by atoms with E-state index in [0.29, 0.717) is 0 Å². The van der Waals surface area contributed by atoms with E-state index in [1.807, 2.05) is 0 Å². The molecule has 3 nitrogen and oxygen atoms in total. The zero-order valence-electron chi connectivity index (χ0n) is 4.25. The third kappa shape index (κ3) is 9.62. The van der Waals surface area contributed by atoms with Crippen molar-refractivity contribution in [3.63, 3.8) is 0 Å². The summed E-state index contributed by atoms with van der Waals surface area (Å²) in [6.45, 7) is 0. The lowest BCUT2D eigenvalue weighted by molar-refractivity contribution is 0.604. The molecule has 56 valence electrons. The fourth-order valence-corrected chi connectivity index (χ4v) is 7.86. The lowest BCUT2D eigenvalue weighted by Crippen LogP contribution is -1.85. The second kappa shape index (κ2) is 3.34. The van der Waals surface area contributed by atoms with Gasteiger partial charge in [0.1, 0.15) is 0 Å². The molecule has 0 aliphatic carbocycles. The topological polar surface area (TPSA) is 46.5 Å². The second-order valence-electron chi connectivity index (χ2n) is 1.23. The van der Waals surface area contributed by atoms with Crippen LogP contribution in [0.15, 0.2) is 4.15 Å². The van der Waals surface area contributed by atoms with Gasteiger partial charge in [0.05, 0.1) is 6.26 Å². The molecule has 0 saturated heterocycles. The molecule has 0 spiro atoms. The number of sulfonamides is 1. The minimum absolute atomic E-state index is 1.03. The molecule has 0 radical (unpaired) electrons. The predicted octanol–water partition coefficient (Wildman–Crippen LogP) is 3.08. The second-order valence-corrected chi connectivity index (χ2v) is 22.0. The standard InChI is InChI=1S/CH3Br3NO2PS/c1-9(6,7)5-8(2,3)4/h1H3. The molecule has 0 aromatic rings. The molecule has 9 heavy (non-hydrogen) atoms. The normalized spacial score (nSPS) is 13.3. The molecule has 0 aliphatic heterocycles. The van der Waals surface area contributed by atoms with E-state index in [-0.39, 0.29) is 0 Å². The van der Waals surface area contributed by atoms with E-state index in [1.165, 1.54) is 0 Å². The van der Waals surface area contributed by atoms with Gasteiger partial charge >= 0.3 is 0 Å². The summed E-state index contributed by atoms with van der Waals surface area (Å²) in [4.78, 5) is 0. The van der Waals surface area contributed by atoms with Crippen molar-refractivity contribution in [2.24, 2.45) is 4.15 Å². The molecule has 0 rings (SSSR count). The van der Waals surface area contributed by atoms with Crippen molar-refractivity contribution < 1.29 is 8.42 Å². The van der Waals surface area contributed by atoms with Gasteiger partial charge in [0.2, 0.25) is 0 Å². The van der Waals surface area contributed by atoms with E-state index in [2.05, 4.69) is 50.6 Å². The van der Waals surface area contributed by atoms with Crippen molar-refractivity contribution in [2.45, 2.75) is 0 Å². The molecule has 8 heteroatoms. The molecule has 0 atom stereocenters. The first kappa shape index (κ1) is 10.6. The van der Waals surface area contributed by atoms with Crippen LogP contribution in [-0.4, -0.2) is 14.7 Å². The van der Waals surface area contributed by atoms with Crippen molar-refractivity contribution in [1.82, 2.24) is 0 Å². The summed E-state index contributed by atoms with van der Waals surface area (Å²) >= 11 is 9.04. The van der Waals surface area contributed by atoms with E-state index in [1.54, 1.807) is 0 Å². The SMILES string of the molecule is CS(=O)(=O)N=P(Br)(Br)Br. The van der Waals surface area contributed by atoms with Crippen LogP contribution in [0.4, 0.5) is 0 Å². The van der Waals surface area contributed by atoms with Gasteiger partial charge < -0.3 is 0 Å². The number of halogens is 3. The monoisotopic (exact) mass is 361 g/mol. The minimum Gasteiger partial charge on any atom is -0.205 e. The van der Waals surface area contributed by atoms with Crippen LogP contribution in [0, 0.1) is 0 Å². The van der Waals surface area contributed by atoms with Crippen molar-refractivity contribution in [3.05, 3.63) is 0 Å². The summed E-state index contributed by atoms with van der Waals surface area (Å²) in [5, 5.41) is 0. The Morgan fingerprint density at radius 2 is 1.67 bits per heavy atom. The van der Waals surface area contributed by atoms with Gasteiger partial charge in [0.25, 0.3) is 10.0 Å². The highest BCUT2D eigenvalue weighted by Crippen LogP contribution is 2.72. The van der Waals surface area contributed by atoms with Crippen LogP contribution >= 0.6 is 49.6 Å². The van der Waals surface area contributed by atoms with Crippen LogP contribution in [0.1, 0.15) is 0 Å². The van der Waals surface area contributed by atoms with Crippen molar-refractivity contribution in [2.75, 3.05) is 6.26 Å². The lowest BCUT2D eigenvalue weighted by atomic mass is 12.0. The summed E-state index contributed by atoms with van der Waals surface area (Å²) < 4.78 is 22.1. The maximum absolute atomic E-state index is 10.4. The summed E-state index contributed by atoms with van der Waals surface area (Å²) in [5.41, 5.74) is 0. The van der Waals surface area contributed by atoms with Gasteiger partial charge in [-0.15, -0.1) is 0 Å². The highest BCUT2D eigenvalue weighted by atomic mass is 80.0. The van der Waals surface area contributed by atoms with Gasteiger partial charge in [-0.1, -0.05) is 0 Å². The quantitative estimate of drug-likeness (QED) is 0.672. The summed E-state index contributed by atoms with van der Waals surface area (Å²) in [7, 11) is -3.25. The van der Waals surface area contributed by atoms with Gasteiger partial charge in [-0.25, -0.2) is 8.42 Å². The van der Waals surface area contributed by atoms with Gasteiger partial charge in [0.15, 0.2) is 3.16 Å². The molecule has 0 saturated carbocycles. The molecule has 0 aromatic carbocycles. The largest absolute Gasteiger partial charge is 0.251 e. The van der Waals surface area contributed by atoms with Crippen molar-refractivity contribution >= 4 is 59.7 Å². The Bertz CT molecular complexity index is 230. The maximum Gasteiger partial charge on any atom is 0.251 e. The Morgan fingerprint density at radius 3 is 1.67 bits per heavy atom. The Labute approximate surface area is 77.9 Å². The molecule has 0 heterocycles. The zero-order chi connectivity index (χ0) is 7.71. The summed E-state index contributed by atoms with van der Waals surface area (Å²) in [5.74, 6) is 0. The average molecular weight is 364 g/mol. The van der Waals surface area contributed by atoms with E-state index < -0.39 is 13.2 Å². The molecule has 0 bridgehead atoms. The lowest BCUT2D eigenvalue weighted by Gasteiger charge is -1.94. The number of rotatable bonds is 1. The van der Waals surface area contributed by atoms with Gasteiger partial charge in [-0.05, 0) is 46.5 Å². The summed E-state index contributed by atoms with van der Waals surface area (Å²) in [6.07, 6.45) is 1.03. The molecule has 0 aromatic heterocycles. The van der Waals surface area contributed by atoms with E-state index in [4.69, 9.17) is 0 Å². The molecule has 0 amide bonds. The number of hydrogen-bond acceptors (Lipinski definition) is 2. The Morgan fingerprint density at radius 1 is 1.33 bits per heavy atom. The van der Waals surface area contributed by atoms with Crippen LogP contribution in [0.2, 0.25) is 0 Å². The Hall–Kier alpha value is 1.62. The van der Waals surface area contributed by atoms with E-state index >= 15 is 0 Å². The van der Waals surface area contributed by atoms with Crippen LogP contribution in [0.25, 0.3) is 0 Å². The third-order valence-corrected chi connectivity index (χ3v) is 5.66. The zero-order valence-corrected chi connectivity index (χ0v) is 10.7. The highest BCUT2D eigenvalue weighted by molar-refractivity contribution is 9.94. The number of nitrogens with zero attached hydrogens (tertiary/aromatic N) is 1.